The van der Waals surface area contributed by atoms with Crippen molar-refractivity contribution in [2.24, 2.45) is 0 Å². The third-order valence-corrected chi connectivity index (χ3v) is 3.60. The van der Waals surface area contributed by atoms with Crippen LogP contribution in [-0.2, 0) is 24.7 Å². The van der Waals surface area contributed by atoms with Crippen molar-refractivity contribution in [2.75, 3.05) is 0 Å². The molecule has 0 saturated carbocycles. The molecule has 1 aliphatic carbocycles. The van der Waals surface area contributed by atoms with Crippen LogP contribution in [0.2, 0.25) is 0 Å². The van der Waals surface area contributed by atoms with Gasteiger partial charge in [0, 0.05) is 0 Å². The largest absolute Gasteiger partial charge is 1.00 e. The summed E-state index contributed by atoms with van der Waals surface area (Å²) in [5.41, 5.74) is 3.43. The zero-order valence-corrected chi connectivity index (χ0v) is 14.0. The Kier molecular flexibility index (Phi) is 16.8. The Hall–Kier alpha value is 1.23. The first kappa shape index (κ1) is 21.5. The topological polar surface area (TPSA) is 0 Å². The van der Waals surface area contributed by atoms with Gasteiger partial charge in [0.15, 0.2) is 0 Å². The summed E-state index contributed by atoms with van der Waals surface area (Å²) >= 11 is 1.60. The van der Waals surface area contributed by atoms with E-state index < -0.39 is 0 Å². The Morgan fingerprint density at radius 1 is 1.07 bits per heavy atom. The van der Waals surface area contributed by atoms with E-state index in [1.807, 2.05) is 0 Å². The molecule has 4 heteroatoms. The van der Waals surface area contributed by atoms with Crippen LogP contribution in [0.1, 0.15) is 46.0 Å². The first-order valence-corrected chi connectivity index (χ1v) is 6.15. The van der Waals surface area contributed by atoms with Crippen LogP contribution in [0.5, 0.6) is 0 Å². The van der Waals surface area contributed by atoms with Crippen LogP contribution in [0.15, 0.2) is 20.5 Å². The molecule has 0 unspecified atom stereocenters. The molecule has 1 rings (SSSR count). The number of allylic oxidation sites excluding steroid dienone is 4. The van der Waals surface area contributed by atoms with Crippen LogP contribution in [0.3, 0.4) is 0 Å². The maximum Gasteiger partial charge on any atom is -1.00 e. The zero-order chi connectivity index (χ0) is 8.97. The van der Waals surface area contributed by atoms with E-state index in [1.165, 1.54) is 32.1 Å². The molecule has 0 aromatic heterocycles. The molecular weight excluding hydrogens is 330 g/mol. The smallest absolute Gasteiger partial charge is 1.00 e. The molecule has 0 aromatic carbocycles. The number of halogens is 3. The minimum absolute atomic E-state index is 0. The third kappa shape index (κ3) is 6.52. The molecule has 0 fully saturated rings. The normalized spacial score (nSPS) is 13.7. The number of hydrogen-bond donors (Lipinski definition) is 0. The molecule has 0 heterocycles. The maximum atomic E-state index is 2.42. The second-order valence-electron chi connectivity index (χ2n) is 3.40. The number of rotatable bonds is 4. The summed E-state index contributed by atoms with van der Waals surface area (Å²) in [6.45, 7) is 4.55. The molecule has 0 aliphatic heterocycles. The molecule has 0 bridgehead atoms. The molecule has 0 amide bonds. The van der Waals surface area contributed by atoms with Crippen LogP contribution < -0.4 is 37.2 Å². The standard InChI is InChI=1S/C11H17.3ClH.Zr/c1-3-6-10-8-5-9-11(10)7-4-2;;;;/h5H,3-4,6-8H2,1-2H3;3*1H;/q;;;;+3/p-3. The second-order valence-corrected chi connectivity index (χ2v) is 4.73. The number of hydrogen-bond acceptors (Lipinski definition) is 0. The molecule has 86 valence electrons. The molecule has 0 saturated heterocycles. The van der Waals surface area contributed by atoms with Gasteiger partial charge in [-0.2, -0.15) is 0 Å². The van der Waals surface area contributed by atoms with Gasteiger partial charge in [-0.3, -0.25) is 0 Å². The molecule has 0 atom stereocenters. The van der Waals surface area contributed by atoms with E-state index in [9.17, 15) is 0 Å². The Morgan fingerprint density at radius 3 is 2.07 bits per heavy atom. The van der Waals surface area contributed by atoms with Crippen molar-refractivity contribution in [1.29, 1.82) is 0 Å². The summed E-state index contributed by atoms with van der Waals surface area (Å²) in [5, 5.41) is 0. The average Bonchev–Trinajstić information content (AvgIpc) is 2.37. The summed E-state index contributed by atoms with van der Waals surface area (Å²) in [6.07, 6.45) is 8.92. The summed E-state index contributed by atoms with van der Waals surface area (Å²) in [6, 6.07) is 0. The zero-order valence-electron chi connectivity index (χ0n) is 9.25. The van der Waals surface area contributed by atoms with Gasteiger partial charge in [-0.05, 0) is 0 Å². The van der Waals surface area contributed by atoms with Crippen LogP contribution in [0.4, 0.5) is 0 Å². The van der Waals surface area contributed by atoms with Crippen LogP contribution in [0, 0.1) is 0 Å². The fourth-order valence-corrected chi connectivity index (χ4v) is 2.77. The van der Waals surface area contributed by atoms with E-state index in [-0.39, 0.29) is 37.2 Å². The predicted octanol–water partition coefficient (Wildman–Crippen LogP) is -5.27. The maximum absolute atomic E-state index is 2.42. The van der Waals surface area contributed by atoms with Crippen LogP contribution >= 0.6 is 0 Å². The van der Waals surface area contributed by atoms with Gasteiger partial charge in [0.05, 0.1) is 0 Å². The van der Waals surface area contributed by atoms with Gasteiger partial charge in [-0.25, -0.2) is 0 Å². The Labute approximate surface area is 127 Å². The second kappa shape index (κ2) is 11.7. The molecular formula is C11H17Cl3Zr. The summed E-state index contributed by atoms with van der Waals surface area (Å²) < 4.78 is 1.63. The van der Waals surface area contributed by atoms with Gasteiger partial charge >= 0.3 is 91.2 Å². The van der Waals surface area contributed by atoms with Gasteiger partial charge in [-0.15, -0.1) is 0 Å². The van der Waals surface area contributed by atoms with E-state index in [4.69, 9.17) is 0 Å². The SMILES string of the molecule is CCCC1=C(CCC)[C]([Zr+3])=CC1.[Cl-].[Cl-].[Cl-]. The third-order valence-electron chi connectivity index (χ3n) is 2.36. The molecule has 15 heavy (non-hydrogen) atoms. The molecule has 0 spiro atoms. The minimum Gasteiger partial charge on any atom is -1.00 e. The first-order chi connectivity index (χ1) is 5.79. The van der Waals surface area contributed by atoms with Gasteiger partial charge in [0.1, 0.15) is 0 Å². The minimum atomic E-state index is 0. The van der Waals surface area contributed by atoms with E-state index in [2.05, 4.69) is 19.9 Å². The Morgan fingerprint density at radius 2 is 1.60 bits per heavy atom. The first-order valence-electron chi connectivity index (χ1n) is 4.92. The molecule has 0 aromatic rings. The quantitative estimate of drug-likeness (QED) is 0.477. The summed E-state index contributed by atoms with van der Waals surface area (Å²) in [5.74, 6) is 0. The van der Waals surface area contributed by atoms with Gasteiger partial charge in [0.2, 0.25) is 0 Å². The van der Waals surface area contributed by atoms with E-state index in [0.717, 1.165) is 0 Å². The van der Waals surface area contributed by atoms with Gasteiger partial charge < -0.3 is 37.2 Å². The van der Waals surface area contributed by atoms with Gasteiger partial charge in [-0.1, -0.05) is 0 Å². The van der Waals surface area contributed by atoms with E-state index >= 15 is 0 Å². The van der Waals surface area contributed by atoms with Crippen molar-refractivity contribution >= 4 is 0 Å². The van der Waals surface area contributed by atoms with Crippen molar-refractivity contribution in [3.8, 4) is 0 Å². The molecule has 0 radical (unpaired) electrons. The predicted molar refractivity (Wildman–Crippen MR) is 49.5 cm³/mol. The summed E-state index contributed by atoms with van der Waals surface area (Å²) in [4.78, 5) is 0. The van der Waals surface area contributed by atoms with Crippen molar-refractivity contribution in [2.45, 2.75) is 46.0 Å². The monoisotopic (exact) mass is 344 g/mol. The van der Waals surface area contributed by atoms with Crippen molar-refractivity contribution in [3.63, 3.8) is 0 Å². The summed E-state index contributed by atoms with van der Waals surface area (Å²) in [7, 11) is 0. The van der Waals surface area contributed by atoms with Crippen molar-refractivity contribution in [3.05, 3.63) is 20.5 Å². The fraction of sp³-hybridized carbons (Fsp3) is 0.636. The van der Waals surface area contributed by atoms with E-state index in [0.29, 0.717) is 0 Å². The van der Waals surface area contributed by atoms with Gasteiger partial charge in [0.25, 0.3) is 0 Å². The average molecular weight is 347 g/mol. The Balaban J connectivity index is -0.000000480. The van der Waals surface area contributed by atoms with Crippen molar-refractivity contribution in [1.82, 2.24) is 0 Å². The van der Waals surface area contributed by atoms with Crippen LogP contribution in [0.25, 0.3) is 0 Å². The Bertz CT molecular complexity index is 222. The fourth-order valence-electron chi connectivity index (χ4n) is 1.78. The van der Waals surface area contributed by atoms with Crippen molar-refractivity contribution < 1.29 is 61.9 Å². The molecule has 0 nitrogen and oxygen atoms in total. The molecule has 0 N–H and O–H groups in total. The molecule has 1 aliphatic rings. The van der Waals surface area contributed by atoms with Crippen LogP contribution in [-0.4, -0.2) is 0 Å². The van der Waals surface area contributed by atoms with E-state index in [1.54, 1.807) is 39.1 Å².